The van der Waals surface area contributed by atoms with Gasteiger partial charge in [-0.1, -0.05) is 12.1 Å². The molecule has 0 saturated carbocycles. The van der Waals surface area contributed by atoms with Crippen molar-refractivity contribution in [2.75, 3.05) is 31.6 Å². The fraction of sp³-hybridized carbons (Fsp3) is 0.571. The Labute approximate surface area is 166 Å². The maximum absolute atomic E-state index is 12.6. The maximum Gasteiger partial charge on any atom is 0.410 e. The number of carbonyl (C=O) groups excluding carboxylic acids is 1. The van der Waals surface area contributed by atoms with Gasteiger partial charge < -0.3 is 19.3 Å². The van der Waals surface area contributed by atoms with E-state index in [0.29, 0.717) is 24.8 Å². The van der Waals surface area contributed by atoms with E-state index in [1.54, 1.807) is 0 Å². The van der Waals surface area contributed by atoms with Gasteiger partial charge in [0.05, 0.1) is 23.7 Å². The second kappa shape index (κ2) is 8.20. The summed E-state index contributed by atoms with van der Waals surface area (Å²) < 4.78 is 11.3. The predicted molar refractivity (Wildman–Crippen MR) is 110 cm³/mol. The number of amides is 1. The van der Waals surface area contributed by atoms with E-state index in [2.05, 4.69) is 4.98 Å². The molecule has 2 heterocycles. The molecule has 1 aromatic heterocycles. The number of para-hydroxylation sites is 2. The zero-order valence-corrected chi connectivity index (χ0v) is 17.4. The molecule has 2 aromatic rings. The lowest BCUT2D eigenvalue weighted by Crippen LogP contribution is -2.44. The molecular weight excluding hydrogens is 356 g/mol. The lowest BCUT2D eigenvalue weighted by atomic mass is 10.2. The number of nitrogens with zero attached hydrogens (tertiary/aromatic N) is 4. The van der Waals surface area contributed by atoms with Crippen molar-refractivity contribution in [2.24, 2.45) is 0 Å². The summed E-state index contributed by atoms with van der Waals surface area (Å²) >= 11 is 0. The summed E-state index contributed by atoms with van der Waals surface area (Å²) in [6.45, 7) is 9.48. The largest absolute Gasteiger partial charge is 0.475 e. The minimum Gasteiger partial charge on any atom is -0.475 e. The summed E-state index contributed by atoms with van der Waals surface area (Å²) in [7, 11) is 1.97. The topological polar surface area (TPSA) is 67.8 Å². The molecule has 0 aliphatic carbocycles. The molecule has 28 heavy (non-hydrogen) atoms. The average Bonchev–Trinajstić information content (AvgIpc) is 3.08. The van der Waals surface area contributed by atoms with E-state index in [1.807, 2.05) is 68.8 Å². The third kappa shape index (κ3) is 4.64. The number of ether oxygens (including phenoxy) is 2. The molecular formula is C21H30N4O3. The number of hydrogen-bond acceptors (Lipinski definition) is 6. The van der Waals surface area contributed by atoms with Crippen LogP contribution in [-0.2, 0) is 4.74 Å². The lowest BCUT2D eigenvalue weighted by Gasteiger charge is -2.31. The summed E-state index contributed by atoms with van der Waals surface area (Å²) in [5.41, 5.74) is 1.13. The highest BCUT2D eigenvalue weighted by molar-refractivity contribution is 5.77. The molecule has 1 fully saturated rings. The molecule has 1 amide bonds. The molecule has 7 heteroatoms. The monoisotopic (exact) mass is 386 g/mol. The van der Waals surface area contributed by atoms with Gasteiger partial charge in [0.1, 0.15) is 5.60 Å². The SMILES string of the molecule is CCOc1nc2ccccc2nc1N(C)C[C@H]1CCCN1C(=O)OC(C)(C)C. The minimum absolute atomic E-state index is 0.0718. The predicted octanol–water partition coefficient (Wildman–Crippen LogP) is 3.86. The Balaban J connectivity index is 1.80. The van der Waals surface area contributed by atoms with Crippen LogP contribution in [0, 0.1) is 0 Å². The van der Waals surface area contributed by atoms with Crippen molar-refractivity contribution in [1.29, 1.82) is 0 Å². The van der Waals surface area contributed by atoms with Crippen LogP contribution in [0.1, 0.15) is 40.5 Å². The van der Waals surface area contributed by atoms with Crippen molar-refractivity contribution < 1.29 is 14.3 Å². The smallest absolute Gasteiger partial charge is 0.410 e. The van der Waals surface area contributed by atoms with Crippen LogP contribution in [0.15, 0.2) is 24.3 Å². The molecule has 1 saturated heterocycles. The molecule has 0 bridgehead atoms. The molecule has 152 valence electrons. The van der Waals surface area contributed by atoms with Crippen molar-refractivity contribution in [2.45, 2.75) is 52.2 Å². The Hall–Kier alpha value is -2.57. The summed E-state index contributed by atoms with van der Waals surface area (Å²) in [4.78, 5) is 25.8. The van der Waals surface area contributed by atoms with Crippen LogP contribution in [0.5, 0.6) is 5.88 Å². The summed E-state index contributed by atoms with van der Waals surface area (Å²) in [6, 6.07) is 7.83. The molecule has 1 atom stereocenters. The molecule has 0 unspecified atom stereocenters. The highest BCUT2D eigenvalue weighted by atomic mass is 16.6. The van der Waals surface area contributed by atoms with Gasteiger partial charge in [0, 0.05) is 20.1 Å². The summed E-state index contributed by atoms with van der Waals surface area (Å²) in [5.74, 6) is 1.21. The van der Waals surface area contributed by atoms with E-state index >= 15 is 0 Å². The van der Waals surface area contributed by atoms with Crippen molar-refractivity contribution in [3.63, 3.8) is 0 Å². The Morgan fingerprint density at radius 1 is 1.25 bits per heavy atom. The van der Waals surface area contributed by atoms with Gasteiger partial charge in [-0.2, -0.15) is 0 Å². The van der Waals surface area contributed by atoms with Gasteiger partial charge in [0.2, 0.25) is 0 Å². The van der Waals surface area contributed by atoms with Crippen LogP contribution in [-0.4, -0.2) is 59.3 Å². The Morgan fingerprint density at radius 2 is 1.93 bits per heavy atom. The molecule has 1 aromatic carbocycles. The molecule has 0 N–H and O–H groups in total. The zero-order valence-electron chi connectivity index (χ0n) is 17.4. The van der Waals surface area contributed by atoms with Gasteiger partial charge in [0.25, 0.3) is 5.88 Å². The van der Waals surface area contributed by atoms with Crippen molar-refractivity contribution in [3.05, 3.63) is 24.3 Å². The van der Waals surface area contributed by atoms with Gasteiger partial charge in [-0.25, -0.2) is 14.8 Å². The van der Waals surface area contributed by atoms with Crippen LogP contribution in [0.2, 0.25) is 0 Å². The van der Waals surface area contributed by atoms with E-state index < -0.39 is 5.60 Å². The van der Waals surface area contributed by atoms with Gasteiger partial charge >= 0.3 is 6.09 Å². The summed E-state index contributed by atoms with van der Waals surface area (Å²) in [5, 5.41) is 0. The first-order valence-electron chi connectivity index (χ1n) is 9.89. The summed E-state index contributed by atoms with van der Waals surface area (Å²) in [6.07, 6.45) is 1.66. The maximum atomic E-state index is 12.6. The van der Waals surface area contributed by atoms with Crippen molar-refractivity contribution in [3.8, 4) is 5.88 Å². The van der Waals surface area contributed by atoms with E-state index in [-0.39, 0.29) is 12.1 Å². The molecule has 3 rings (SSSR count). The van der Waals surface area contributed by atoms with Crippen LogP contribution in [0.4, 0.5) is 10.6 Å². The van der Waals surface area contributed by atoms with E-state index in [0.717, 1.165) is 30.4 Å². The second-order valence-corrected chi connectivity index (χ2v) is 8.12. The number of likely N-dealkylation sites (N-methyl/N-ethyl adjacent to an activating group) is 1. The average molecular weight is 386 g/mol. The second-order valence-electron chi connectivity index (χ2n) is 8.12. The van der Waals surface area contributed by atoms with Gasteiger partial charge in [0.15, 0.2) is 5.82 Å². The normalized spacial score (nSPS) is 17.0. The van der Waals surface area contributed by atoms with Crippen molar-refractivity contribution >= 4 is 22.9 Å². The quantitative estimate of drug-likeness (QED) is 0.777. The minimum atomic E-state index is -0.498. The highest BCUT2D eigenvalue weighted by Crippen LogP contribution is 2.28. The Bertz CT molecular complexity index is 834. The Morgan fingerprint density at radius 3 is 2.57 bits per heavy atom. The number of hydrogen-bond donors (Lipinski definition) is 0. The van der Waals surface area contributed by atoms with Crippen LogP contribution >= 0.6 is 0 Å². The molecule has 0 spiro atoms. The lowest BCUT2D eigenvalue weighted by molar-refractivity contribution is 0.0232. The fourth-order valence-electron chi connectivity index (χ4n) is 3.45. The number of benzene rings is 1. The Kier molecular flexibility index (Phi) is 5.91. The first kappa shape index (κ1) is 20.2. The number of likely N-dealkylation sites (tertiary alicyclic amines) is 1. The number of aromatic nitrogens is 2. The van der Waals surface area contributed by atoms with Crippen LogP contribution < -0.4 is 9.64 Å². The van der Waals surface area contributed by atoms with Crippen molar-refractivity contribution in [1.82, 2.24) is 14.9 Å². The third-order valence-electron chi connectivity index (χ3n) is 4.65. The first-order chi connectivity index (χ1) is 13.3. The van der Waals surface area contributed by atoms with E-state index in [4.69, 9.17) is 14.5 Å². The molecule has 0 radical (unpaired) electrons. The molecule has 1 aliphatic heterocycles. The van der Waals surface area contributed by atoms with Gasteiger partial charge in [-0.3, -0.25) is 0 Å². The number of carbonyl (C=O) groups is 1. The number of fused-ring (bicyclic) bond motifs is 1. The highest BCUT2D eigenvalue weighted by Gasteiger charge is 2.33. The fourth-order valence-corrected chi connectivity index (χ4v) is 3.45. The number of anilines is 1. The van der Waals surface area contributed by atoms with Gasteiger partial charge in [-0.05, 0) is 52.7 Å². The standard InChI is InChI=1S/C21H30N4O3/c1-6-27-19-18(22-16-11-7-8-12-17(16)23-19)24(5)14-15-10-9-13-25(15)20(26)28-21(2,3)4/h7-8,11-12,15H,6,9-10,13-14H2,1-5H3/t15-/m1/s1. The first-order valence-corrected chi connectivity index (χ1v) is 9.89. The zero-order chi connectivity index (χ0) is 20.3. The van der Waals surface area contributed by atoms with E-state index in [1.165, 1.54) is 0 Å². The van der Waals surface area contributed by atoms with E-state index in [9.17, 15) is 4.79 Å². The molecule has 1 aliphatic rings. The molecule has 7 nitrogen and oxygen atoms in total. The number of rotatable bonds is 5. The van der Waals surface area contributed by atoms with Crippen LogP contribution in [0.3, 0.4) is 0 Å². The van der Waals surface area contributed by atoms with Crippen LogP contribution in [0.25, 0.3) is 11.0 Å². The van der Waals surface area contributed by atoms with Gasteiger partial charge in [-0.15, -0.1) is 0 Å². The third-order valence-corrected chi connectivity index (χ3v) is 4.65.